The second-order valence-corrected chi connectivity index (χ2v) is 3.75. The van der Waals surface area contributed by atoms with Gasteiger partial charge in [-0.1, -0.05) is 0 Å². The lowest BCUT2D eigenvalue weighted by Crippen LogP contribution is -2.30. The van der Waals surface area contributed by atoms with Crippen LogP contribution in [0.25, 0.3) is 0 Å². The lowest BCUT2D eigenvalue weighted by molar-refractivity contribution is 0.0995. The smallest absolute Gasteiger partial charge is 0.271 e. The van der Waals surface area contributed by atoms with Crippen LogP contribution in [0.3, 0.4) is 0 Å². The maximum absolute atomic E-state index is 11.2. The van der Waals surface area contributed by atoms with Crippen molar-refractivity contribution in [2.45, 2.75) is 26.8 Å². The van der Waals surface area contributed by atoms with Crippen LogP contribution in [0.4, 0.5) is 5.82 Å². The van der Waals surface area contributed by atoms with Gasteiger partial charge in [-0.15, -0.1) is 0 Å². The number of nitrogens with zero attached hydrogens (tertiary/aromatic N) is 3. The van der Waals surface area contributed by atoms with E-state index in [1.807, 2.05) is 25.8 Å². The summed E-state index contributed by atoms with van der Waals surface area (Å²) in [7, 11) is 1.86. The third kappa shape index (κ3) is 2.43. The van der Waals surface area contributed by atoms with E-state index in [4.69, 9.17) is 5.73 Å². The van der Waals surface area contributed by atoms with Crippen LogP contribution in [0, 0.1) is 6.92 Å². The lowest BCUT2D eigenvalue weighted by Gasteiger charge is -2.23. The molecule has 0 aliphatic heterocycles. The standard InChI is InChI=1S/C10H16N4O/c1-6(2)14(4)10-8(9(11)15)13-7(3)5-12-10/h5-6H,1-4H3,(H2,11,15). The predicted octanol–water partition coefficient (Wildman–Crippen LogP) is 0.729. The van der Waals surface area contributed by atoms with Gasteiger partial charge in [0.05, 0.1) is 11.9 Å². The van der Waals surface area contributed by atoms with E-state index in [1.165, 1.54) is 0 Å². The molecule has 15 heavy (non-hydrogen) atoms. The van der Waals surface area contributed by atoms with Gasteiger partial charge in [0, 0.05) is 13.1 Å². The van der Waals surface area contributed by atoms with E-state index in [9.17, 15) is 4.79 Å². The molecular weight excluding hydrogens is 192 g/mol. The molecule has 2 N–H and O–H groups in total. The minimum atomic E-state index is -0.547. The first-order valence-electron chi connectivity index (χ1n) is 4.79. The molecule has 5 nitrogen and oxygen atoms in total. The molecule has 5 heteroatoms. The van der Waals surface area contributed by atoms with Gasteiger partial charge in [-0.25, -0.2) is 9.97 Å². The summed E-state index contributed by atoms with van der Waals surface area (Å²) in [6.45, 7) is 5.79. The van der Waals surface area contributed by atoms with Gasteiger partial charge in [0.25, 0.3) is 5.91 Å². The maximum atomic E-state index is 11.2. The molecule has 1 amide bonds. The Bertz CT molecular complexity index is 376. The van der Waals surface area contributed by atoms with Crippen LogP contribution < -0.4 is 10.6 Å². The van der Waals surface area contributed by atoms with Crippen molar-refractivity contribution >= 4 is 11.7 Å². The Kier molecular flexibility index (Phi) is 3.24. The molecular formula is C10H16N4O. The number of hydrogen-bond donors (Lipinski definition) is 1. The molecule has 1 rings (SSSR count). The van der Waals surface area contributed by atoms with E-state index in [0.29, 0.717) is 11.5 Å². The molecule has 1 aromatic heterocycles. The third-order valence-corrected chi connectivity index (χ3v) is 2.22. The quantitative estimate of drug-likeness (QED) is 0.794. The van der Waals surface area contributed by atoms with Crippen molar-refractivity contribution in [3.8, 4) is 0 Å². The van der Waals surface area contributed by atoms with Crippen LogP contribution in [0.5, 0.6) is 0 Å². The zero-order valence-corrected chi connectivity index (χ0v) is 9.48. The van der Waals surface area contributed by atoms with Gasteiger partial charge in [-0.2, -0.15) is 0 Å². The van der Waals surface area contributed by atoms with Gasteiger partial charge in [0.15, 0.2) is 11.5 Å². The molecule has 0 unspecified atom stereocenters. The largest absolute Gasteiger partial charge is 0.364 e. The van der Waals surface area contributed by atoms with Crippen LogP contribution >= 0.6 is 0 Å². The Morgan fingerprint density at radius 3 is 2.60 bits per heavy atom. The maximum Gasteiger partial charge on any atom is 0.271 e. The van der Waals surface area contributed by atoms with Crippen LogP contribution in [0.2, 0.25) is 0 Å². The van der Waals surface area contributed by atoms with E-state index in [0.717, 1.165) is 0 Å². The zero-order chi connectivity index (χ0) is 11.6. The molecule has 0 fully saturated rings. The number of anilines is 1. The van der Waals surface area contributed by atoms with Crippen molar-refractivity contribution < 1.29 is 4.79 Å². The van der Waals surface area contributed by atoms with Crippen molar-refractivity contribution in [1.29, 1.82) is 0 Å². The van der Waals surface area contributed by atoms with Gasteiger partial charge < -0.3 is 10.6 Å². The number of hydrogen-bond acceptors (Lipinski definition) is 4. The molecule has 0 saturated heterocycles. The van der Waals surface area contributed by atoms with E-state index >= 15 is 0 Å². The summed E-state index contributed by atoms with van der Waals surface area (Å²) >= 11 is 0. The molecule has 0 saturated carbocycles. The Balaban J connectivity index is 3.22. The average Bonchev–Trinajstić information content (AvgIpc) is 2.16. The molecule has 0 aliphatic carbocycles. The monoisotopic (exact) mass is 208 g/mol. The Morgan fingerprint density at radius 2 is 2.13 bits per heavy atom. The Labute approximate surface area is 89.3 Å². The summed E-state index contributed by atoms with van der Waals surface area (Å²) in [6, 6.07) is 0.236. The highest BCUT2D eigenvalue weighted by molar-refractivity contribution is 5.95. The van der Waals surface area contributed by atoms with Crippen molar-refractivity contribution in [3.05, 3.63) is 17.6 Å². The number of primary amides is 1. The number of nitrogens with two attached hydrogens (primary N) is 1. The summed E-state index contributed by atoms with van der Waals surface area (Å²) < 4.78 is 0. The zero-order valence-electron chi connectivity index (χ0n) is 9.48. The normalized spacial score (nSPS) is 10.5. The molecule has 1 aromatic rings. The van der Waals surface area contributed by atoms with Gasteiger partial charge in [-0.3, -0.25) is 4.79 Å². The number of amides is 1. The van der Waals surface area contributed by atoms with Crippen LogP contribution in [0.15, 0.2) is 6.20 Å². The highest BCUT2D eigenvalue weighted by Crippen LogP contribution is 2.16. The number of aromatic nitrogens is 2. The van der Waals surface area contributed by atoms with Gasteiger partial charge in [0.1, 0.15) is 0 Å². The fourth-order valence-electron chi connectivity index (χ4n) is 1.14. The number of aryl methyl sites for hydroxylation is 1. The van der Waals surface area contributed by atoms with Gasteiger partial charge >= 0.3 is 0 Å². The second kappa shape index (κ2) is 4.25. The first-order chi connectivity index (χ1) is 6.93. The minimum Gasteiger partial charge on any atom is -0.364 e. The SMILES string of the molecule is Cc1cnc(N(C)C(C)C)c(C(N)=O)n1. The third-order valence-electron chi connectivity index (χ3n) is 2.22. The fraction of sp³-hybridized carbons (Fsp3) is 0.500. The Hall–Kier alpha value is -1.65. The summed E-state index contributed by atoms with van der Waals surface area (Å²) in [5.74, 6) is -0.0169. The van der Waals surface area contributed by atoms with Gasteiger partial charge in [-0.05, 0) is 20.8 Å². The van der Waals surface area contributed by atoms with Crippen LogP contribution in [0.1, 0.15) is 30.0 Å². The van der Waals surface area contributed by atoms with Crippen LogP contribution in [-0.4, -0.2) is 29.0 Å². The number of rotatable bonds is 3. The lowest BCUT2D eigenvalue weighted by atomic mass is 10.3. The minimum absolute atomic E-state index is 0.228. The van der Waals surface area contributed by atoms with Crippen molar-refractivity contribution in [3.63, 3.8) is 0 Å². The van der Waals surface area contributed by atoms with Crippen LogP contribution in [-0.2, 0) is 0 Å². The highest BCUT2D eigenvalue weighted by Gasteiger charge is 2.17. The number of carbonyl (C=O) groups excluding carboxylic acids is 1. The topological polar surface area (TPSA) is 72.1 Å². The predicted molar refractivity (Wildman–Crippen MR) is 58.8 cm³/mol. The van der Waals surface area contributed by atoms with E-state index < -0.39 is 5.91 Å². The van der Waals surface area contributed by atoms with Crippen molar-refractivity contribution in [1.82, 2.24) is 9.97 Å². The highest BCUT2D eigenvalue weighted by atomic mass is 16.1. The van der Waals surface area contributed by atoms with E-state index in [-0.39, 0.29) is 11.7 Å². The molecule has 0 spiro atoms. The molecule has 0 bridgehead atoms. The molecule has 0 aliphatic rings. The van der Waals surface area contributed by atoms with E-state index in [2.05, 4.69) is 9.97 Å². The Morgan fingerprint density at radius 1 is 1.53 bits per heavy atom. The summed E-state index contributed by atoms with van der Waals surface area (Å²) in [4.78, 5) is 21.3. The number of carbonyl (C=O) groups is 1. The van der Waals surface area contributed by atoms with Crippen molar-refractivity contribution in [2.24, 2.45) is 5.73 Å². The summed E-state index contributed by atoms with van der Waals surface area (Å²) in [6.07, 6.45) is 1.63. The second-order valence-electron chi connectivity index (χ2n) is 3.75. The molecule has 0 atom stereocenters. The summed E-state index contributed by atoms with van der Waals surface area (Å²) in [5, 5.41) is 0. The molecule has 0 radical (unpaired) electrons. The average molecular weight is 208 g/mol. The molecule has 82 valence electrons. The van der Waals surface area contributed by atoms with Gasteiger partial charge in [0.2, 0.25) is 0 Å². The first kappa shape index (κ1) is 11.4. The summed E-state index contributed by atoms with van der Waals surface area (Å²) in [5.41, 5.74) is 6.17. The molecule has 1 heterocycles. The molecule has 0 aromatic carbocycles. The van der Waals surface area contributed by atoms with Crippen molar-refractivity contribution in [2.75, 3.05) is 11.9 Å². The fourth-order valence-corrected chi connectivity index (χ4v) is 1.14. The van der Waals surface area contributed by atoms with E-state index in [1.54, 1.807) is 13.1 Å². The first-order valence-corrected chi connectivity index (χ1v) is 4.79.